The van der Waals surface area contributed by atoms with E-state index >= 15 is 0 Å². The van der Waals surface area contributed by atoms with Gasteiger partial charge in [-0.25, -0.2) is 0 Å². The van der Waals surface area contributed by atoms with E-state index in [0.717, 1.165) is 13.1 Å². The molecule has 0 saturated carbocycles. The van der Waals surface area contributed by atoms with Crippen LogP contribution in [0.25, 0.3) is 0 Å². The molecule has 1 aliphatic rings. The maximum Gasteiger partial charge on any atom is 0.0169 e. The highest BCUT2D eigenvalue weighted by atomic mass is 14.9. The standard InChI is InChI=1S/C9H17N/c1-9(2,3)8-5-4-6-10-7-8/h5,10H,4,6-7H2,1-3H3. The first-order valence-electron chi connectivity index (χ1n) is 4.01. The van der Waals surface area contributed by atoms with Crippen LogP contribution in [0, 0.1) is 5.41 Å². The predicted molar refractivity (Wildman–Crippen MR) is 45.0 cm³/mol. The first-order valence-corrected chi connectivity index (χ1v) is 4.01. The largest absolute Gasteiger partial charge is 0.313 e. The molecule has 58 valence electrons. The Morgan fingerprint density at radius 3 is 2.40 bits per heavy atom. The van der Waals surface area contributed by atoms with E-state index in [2.05, 4.69) is 32.2 Å². The minimum atomic E-state index is 0.368. The predicted octanol–water partition coefficient (Wildman–Crippen LogP) is 1.95. The van der Waals surface area contributed by atoms with E-state index in [9.17, 15) is 0 Å². The molecule has 0 aromatic rings. The molecule has 0 fully saturated rings. The lowest BCUT2D eigenvalue weighted by Crippen LogP contribution is -2.28. The lowest BCUT2D eigenvalue weighted by molar-refractivity contribution is 0.466. The third-order valence-electron chi connectivity index (χ3n) is 1.99. The van der Waals surface area contributed by atoms with Gasteiger partial charge in [0.05, 0.1) is 0 Å². The van der Waals surface area contributed by atoms with Crippen molar-refractivity contribution < 1.29 is 0 Å². The Kier molecular flexibility index (Phi) is 2.14. The van der Waals surface area contributed by atoms with Crippen molar-refractivity contribution in [2.45, 2.75) is 27.2 Å². The van der Waals surface area contributed by atoms with Gasteiger partial charge in [0.2, 0.25) is 0 Å². The van der Waals surface area contributed by atoms with Gasteiger partial charge in [-0.3, -0.25) is 0 Å². The average molecular weight is 139 g/mol. The Morgan fingerprint density at radius 1 is 1.40 bits per heavy atom. The summed E-state index contributed by atoms with van der Waals surface area (Å²) < 4.78 is 0. The molecule has 0 amide bonds. The fourth-order valence-electron chi connectivity index (χ4n) is 1.22. The molecule has 0 aliphatic carbocycles. The molecule has 1 nitrogen and oxygen atoms in total. The molecule has 0 aromatic heterocycles. The smallest absolute Gasteiger partial charge is 0.0169 e. The van der Waals surface area contributed by atoms with Crippen LogP contribution in [0.5, 0.6) is 0 Å². The van der Waals surface area contributed by atoms with Gasteiger partial charge < -0.3 is 5.32 Å². The van der Waals surface area contributed by atoms with Crippen LogP contribution in [0.4, 0.5) is 0 Å². The van der Waals surface area contributed by atoms with Crippen molar-refractivity contribution in [2.75, 3.05) is 13.1 Å². The molecule has 0 radical (unpaired) electrons. The minimum absolute atomic E-state index is 0.368. The molecule has 1 N–H and O–H groups in total. The molecule has 0 bridgehead atoms. The van der Waals surface area contributed by atoms with Crippen molar-refractivity contribution in [3.05, 3.63) is 11.6 Å². The first-order chi connectivity index (χ1) is 4.61. The number of nitrogens with one attached hydrogen (secondary N) is 1. The summed E-state index contributed by atoms with van der Waals surface area (Å²) in [5.74, 6) is 0. The maximum atomic E-state index is 3.37. The Bertz CT molecular complexity index is 139. The minimum Gasteiger partial charge on any atom is -0.313 e. The maximum absolute atomic E-state index is 3.37. The molecule has 0 saturated heterocycles. The summed E-state index contributed by atoms with van der Waals surface area (Å²) in [6.45, 7) is 9.05. The van der Waals surface area contributed by atoms with Crippen LogP contribution >= 0.6 is 0 Å². The van der Waals surface area contributed by atoms with E-state index in [4.69, 9.17) is 0 Å². The molecule has 0 spiro atoms. The van der Waals surface area contributed by atoms with Crippen LogP contribution < -0.4 is 5.32 Å². The highest BCUT2D eigenvalue weighted by Gasteiger charge is 2.17. The zero-order valence-corrected chi connectivity index (χ0v) is 7.20. The number of rotatable bonds is 0. The highest BCUT2D eigenvalue weighted by molar-refractivity contribution is 5.14. The Labute approximate surface area is 63.5 Å². The van der Waals surface area contributed by atoms with Gasteiger partial charge in [-0.1, -0.05) is 32.4 Å². The fraction of sp³-hybridized carbons (Fsp3) is 0.778. The van der Waals surface area contributed by atoms with Crippen molar-refractivity contribution in [1.29, 1.82) is 0 Å². The van der Waals surface area contributed by atoms with Crippen LogP contribution in [0.1, 0.15) is 27.2 Å². The first kappa shape index (κ1) is 7.80. The summed E-state index contributed by atoms with van der Waals surface area (Å²) in [5, 5.41) is 3.37. The lowest BCUT2D eigenvalue weighted by atomic mass is 9.85. The quantitative estimate of drug-likeness (QED) is 0.506. The summed E-state index contributed by atoms with van der Waals surface area (Å²) in [5.41, 5.74) is 1.92. The monoisotopic (exact) mass is 139 g/mol. The summed E-state index contributed by atoms with van der Waals surface area (Å²) in [6.07, 6.45) is 3.57. The number of hydrogen-bond acceptors (Lipinski definition) is 1. The van der Waals surface area contributed by atoms with Crippen LogP contribution in [0.2, 0.25) is 0 Å². The van der Waals surface area contributed by atoms with Gasteiger partial charge in [0, 0.05) is 6.54 Å². The summed E-state index contributed by atoms with van der Waals surface area (Å²) in [6, 6.07) is 0. The molecule has 0 atom stereocenters. The molecule has 1 rings (SSSR count). The van der Waals surface area contributed by atoms with Gasteiger partial charge in [0.25, 0.3) is 0 Å². The van der Waals surface area contributed by atoms with E-state index in [0.29, 0.717) is 5.41 Å². The van der Waals surface area contributed by atoms with Gasteiger partial charge in [-0.15, -0.1) is 0 Å². The second-order valence-corrected chi connectivity index (χ2v) is 3.94. The highest BCUT2D eigenvalue weighted by Crippen LogP contribution is 2.25. The van der Waals surface area contributed by atoms with E-state index in [-0.39, 0.29) is 0 Å². The molecule has 0 aromatic carbocycles. The summed E-state index contributed by atoms with van der Waals surface area (Å²) in [4.78, 5) is 0. The van der Waals surface area contributed by atoms with E-state index < -0.39 is 0 Å². The van der Waals surface area contributed by atoms with Gasteiger partial charge >= 0.3 is 0 Å². The fourth-order valence-corrected chi connectivity index (χ4v) is 1.22. The van der Waals surface area contributed by atoms with Crippen molar-refractivity contribution in [1.82, 2.24) is 5.32 Å². The molecular weight excluding hydrogens is 122 g/mol. The zero-order chi connectivity index (χ0) is 7.61. The molecular formula is C9H17N. The van der Waals surface area contributed by atoms with Crippen LogP contribution in [-0.4, -0.2) is 13.1 Å². The topological polar surface area (TPSA) is 12.0 Å². The third-order valence-corrected chi connectivity index (χ3v) is 1.99. The molecule has 1 heterocycles. The van der Waals surface area contributed by atoms with E-state index in [1.807, 2.05) is 0 Å². The van der Waals surface area contributed by atoms with Gasteiger partial charge in [-0.2, -0.15) is 0 Å². The lowest BCUT2D eigenvalue weighted by Gasteiger charge is -2.26. The van der Waals surface area contributed by atoms with Crippen molar-refractivity contribution >= 4 is 0 Å². The van der Waals surface area contributed by atoms with Crippen LogP contribution in [0.3, 0.4) is 0 Å². The molecule has 10 heavy (non-hydrogen) atoms. The normalized spacial score (nSPS) is 20.5. The number of hydrogen-bond donors (Lipinski definition) is 1. The van der Waals surface area contributed by atoms with Gasteiger partial charge in [-0.05, 0) is 18.4 Å². The second kappa shape index (κ2) is 2.75. The second-order valence-electron chi connectivity index (χ2n) is 3.94. The Hall–Kier alpha value is -0.300. The summed E-state index contributed by atoms with van der Waals surface area (Å²) >= 11 is 0. The molecule has 1 aliphatic heterocycles. The van der Waals surface area contributed by atoms with Crippen molar-refractivity contribution in [2.24, 2.45) is 5.41 Å². The van der Waals surface area contributed by atoms with Gasteiger partial charge in [0.1, 0.15) is 0 Å². The van der Waals surface area contributed by atoms with Gasteiger partial charge in [0.15, 0.2) is 0 Å². The van der Waals surface area contributed by atoms with Crippen molar-refractivity contribution in [3.8, 4) is 0 Å². The Balaban J connectivity index is 2.62. The van der Waals surface area contributed by atoms with Crippen molar-refractivity contribution in [3.63, 3.8) is 0 Å². The molecule has 0 unspecified atom stereocenters. The Morgan fingerprint density at radius 2 is 2.10 bits per heavy atom. The molecule has 1 heteroatoms. The average Bonchev–Trinajstić information content (AvgIpc) is 1.88. The van der Waals surface area contributed by atoms with Crippen LogP contribution in [-0.2, 0) is 0 Å². The van der Waals surface area contributed by atoms with E-state index in [1.54, 1.807) is 5.57 Å². The summed E-state index contributed by atoms with van der Waals surface area (Å²) in [7, 11) is 0. The zero-order valence-electron chi connectivity index (χ0n) is 7.20. The third kappa shape index (κ3) is 1.84. The van der Waals surface area contributed by atoms with E-state index in [1.165, 1.54) is 6.42 Å². The van der Waals surface area contributed by atoms with Crippen LogP contribution in [0.15, 0.2) is 11.6 Å². The SMILES string of the molecule is CC(C)(C)C1=CCCNC1.